The van der Waals surface area contributed by atoms with Gasteiger partial charge in [-0.1, -0.05) is 66.6 Å². The summed E-state index contributed by atoms with van der Waals surface area (Å²) in [6.07, 6.45) is 2.94. The second-order valence-electron chi connectivity index (χ2n) is 9.43. The number of carbonyl (C=O) groups excluding carboxylic acids is 2. The molecule has 1 saturated carbocycles. The van der Waals surface area contributed by atoms with Gasteiger partial charge in [0.05, 0.1) is 10.7 Å². The van der Waals surface area contributed by atoms with Gasteiger partial charge < -0.3 is 14.7 Å². The number of piperazine rings is 1. The van der Waals surface area contributed by atoms with Gasteiger partial charge in [-0.25, -0.2) is 0 Å². The molecule has 0 bridgehead atoms. The third-order valence-electron chi connectivity index (χ3n) is 7.07. The highest BCUT2D eigenvalue weighted by Crippen LogP contribution is 2.29. The molecule has 7 nitrogen and oxygen atoms in total. The Balaban J connectivity index is 1.18. The Labute approximate surface area is 216 Å². The smallest absolute Gasteiger partial charge is 0.242 e. The van der Waals surface area contributed by atoms with Crippen molar-refractivity contribution in [1.82, 2.24) is 20.0 Å². The number of rotatable bonds is 7. The number of nitrogens with zero attached hydrogens (tertiary/aromatic N) is 5. The van der Waals surface area contributed by atoms with Crippen molar-refractivity contribution in [1.29, 1.82) is 0 Å². The first-order valence-electron chi connectivity index (χ1n) is 12.5. The summed E-state index contributed by atoms with van der Waals surface area (Å²) < 4.78 is 0. The van der Waals surface area contributed by atoms with Gasteiger partial charge in [0.2, 0.25) is 11.8 Å². The second kappa shape index (κ2) is 11.1. The molecule has 0 spiro atoms. The van der Waals surface area contributed by atoms with Crippen molar-refractivity contribution in [3.63, 3.8) is 0 Å². The van der Waals surface area contributed by atoms with E-state index in [-0.39, 0.29) is 24.3 Å². The molecule has 1 aromatic heterocycles. The van der Waals surface area contributed by atoms with Crippen molar-refractivity contribution >= 4 is 29.2 Å². The molecule has 3 aromatic rings. The Morgan fingerprint density at radius 3 is 2.25 bits per heavy atom. The number of hydrogen-bond acceptors (Lipinski definition) is 5. The SMILES string of the molecule is O=C(CN(Cc1ccccc1)C(=O)C1CCC1)N1CCN(c2ccc(-c3ccccc3Cl)nn2)CC1. The molecule has 8 heteroatoms. The normalized spacial score (nSPS) is 15.9. The lowest BCUT2D eigenvalue weighted by molar-refractivity contribution is -0.145. The summed E-state index contributed by atoms with van der Waals surface area (Å²) in [6.45, 7) is 3.10. The third-order valence-corrected chi connectivity index (χ3v) is 7.39. The van der Waals surface area contributed by atoms with Gasteiger partial charge in [0.25, 0.3) is 0 Å². The van der Waals surface area contributed by atoms with E-state index < -0.39 is 0 Å². The summed E-state index contributed by atoms with van der Waals surface area (Å²) in [7, 11) is 0. The summed E-state index contributed by atoms with van der Waals surface area (Å²) in [6, 6.07) is 21.3. The lowest BCUT2D eigenvalue weighted by Gasteiger charge is -2.37. The van der Waals surface area contributed by atoms with Crippen LogP contribution in [0.25, 0.3) is 11.3 Å². The van der Waals surface area contributed by atoms with Crippen molar-refractivity contribution in [2.45, 2.75) is 25.8 Å². The topological polar surface area (TPSA) is 69.6 Å². The zero-order chi connectivity index (χ0) is 24.9. The van der Waals surface area contributed by atoms with Gasteiger partial charge >= 0.3 is 0 Å². The Morgan fingerprint density at radius 1 is 0.889 bits per heavy atom. The first kappa shape index (κ1) is 24.3. The van der Waals surface area contributed by atoms with Crippen molar-refractivity contribution in [3.05, 3.63) is 77.3 Å². The third kappa shape index (κ3) is 5.51. The molecule has 5 rings (SSSR count). The monoisotopic (exact) mass is 503 g/mol. The van der Waals surface area contributed by atoms with Gasteiger partial charge in [-0.05, 0) is 36.6 Å². The molecule has 0 unspecified atom stereocenters. The molecule has 186 valence electrons. The molecule has 1 aliphatic heterocycles. The average Bonchev–Trinajstić information content (AvgIpc) is 2.88. The van der Waals surface area contributed by atoms with Gasteiger partial charge in [0.1, 0.15) is 6.54 Å². The summed E-state index contributed by atoms with van der Waals surface area (Å²) in [5, 5.41) is 9.41. The molecular formula is C28H30ClN5O2. The fourth-order valence-electron chi connectivity index (χ4n) is 4.68. The summed E-state index contributed by atoms with van der Waals surface area (Å²) in [4.78, 5) is 32.0. The van der Waals surface area contributed by atoms with E-state index in [2.05, 4.69) is 15.1 Å². The van der Waals surface area contributed by atoms with Gasteiger partial charge in [-0.15, -0.1) is 10.2 Å². The van der Waals surface area contributed by atoms with Crippen molar-refractivity contribution < 1.29 is 9.59 Å². The second-order valence-corrected chi connectivity index (χ2v) is 9.84. The number of anilines is 1. The van der Waals surface area contributed by atoms with E-state index >= 15 is 0 Å². The number of hydrogen-bond donors (Lipinski definition) is 0. The molecule has 1 saturated heterocycles. The van der Waals surface area contributed by atoms with E-state index in [4.69, 9.17) is 11.6 Å². The first-order valence-corrected chi connectivity index (χ1v) is 12.9. The number of aromatic nitrogens is 2. The summed E-state index contributed by atoms with van der Waals surface area (Å²) in [5.41, 5.74) is 2.62. The number of carbonyl (C=O) groups is 2. The number of amides is 2. The lowest BCUT2D eigenvalue weighted by atomic mass is 9.84. The minimum atomic E-state index is -0.00148. The van der Waals surface area contributed by atoms with Crippen LogP contribution in [0.5, 0.6) is 0 Å². The Bertz CT molecular complexity index is 1190. The van der Waals surface area contributed by atoms with Crippen LogP contribution in [0.3, 0.4) is 0 Å². The highest BCUT2D eigenvalue weighted by molar-refractivity contribution is 6.33. The van der Waals surface area contributed by atoms with Crippen molar-refractivity contribution in [3.8, 4) is 11.3 Å². The van der Waals surface area contributed by atoms with Crippen LogP contribution >= 0.6 is 11.6 Å². The quantitative estimate of drug-likeness (QED) is 0.481. The van der Waals surface area contributed by atoms with Gasteiger partial charge in [0.15, 0.2) is 5.82 Å². The highest BCUT2D eigenvalue weighted by atomic mass is 35.5. The maximum Gasteiger partial charge on any atom is 0.242 e. The lowest BCUT2D eigenvalue weighted by Crippen LogP contribution is -2.52. The highest BCUT2D eigenvalue weighted by Gasteiger charge is 2.32. The Hall–Kier alpha value is -3.45. The van der Waals surface area contributed by atoms with Crippen molar-refractivity contribution in [2.24, 2.45) is 5.92 Å². The molecule has 0 N–H and O–H groups in total. The molecular weight excluding hydrogens is 474 g/mol. The van der Waals surface area contributed by atoms with Crippen LogP contribution in [0.4, 0.5) is 5.82 Å². The zero-order valence-electron chi connectivity index (χ0n) is 20.2. The fourth-order valence-corrected chi connectivity index (χ4v) is 4.92. The van der Waals surface area contributed by atoms with Crippen LogP contribution in [0.2, 0.25) is 5.02 Å². The molecule has 1 aliphatic carbocycles. The molecule has 2 amide bonds. The van der Waals surface area contributed by atoms with Crippen LogP contribution < -0.4 is 4.90 Å². The van der Waals surface area contributed by atoms with Crippen LogP contribution in [-0.2, 0) is 16.1 Å². The van der Waals surface area contributed by atoms with Crippen LogP contribution in [-0.4, -0.2) is 64.5 Å². The van der Waals surface area contributed by atoms with Gasteiger partial charge in [-0.2, -0.15) is 0 Å². The molecule has 2 aliphatic rings. The minimum absolute atomic E-state index is 0.00148. The summed E-state index contributed by atoms with van der Waals surface area (Å²) >= 11 is 6.28. The minimum Gasteiger partial charge on any atom is -0.352 e. The van der Waals surface area contributed by atoms with Crippen LogP contribution in [0.1, 0.15) is 24.8 Å². The maximum absolute atomic E-state index is 13.2. The number of benzene rings is 2. The van der Waals surface area contributed by atoms with Crippen LogP contribution in [0, 0.1) is 5.92 Å². The van der Waals surface area contributed by atoms with E-state index in [1.54, 1.807) is 4.90 Å². The van der Waals surface area contributed by atoms with Gasteiger partial charge in [-0.3, -0.25) is 9.59 Å². The average molecular weight is 504 g/mol. The van der Waals surface area contributed by atoms with E-state index in [1.165, 1.54) is 0 Å². The first-order chi connectivity index (χ1) is 17.6. The predicted octanol–water partition coefficient (Wildman–Crippen LogP) is 4.27. The van der Waals surface area contributed by atoms with E-state index in [0.29, 0.717) is 37.7 Å². The van der Waals surface area contributed by atoms with E-state index in [0.717, 1.165) is 41.9 Å². The maximum atomic E-state index is 13.2. The zero-order valence-corrected chi connectivity index (χ0v) is 21.0. The molecule has 0 atom stereocenters. The Kier molecular flexibility index (Phi) is 7.47. The van der Waals surface area contributed by atoms with E-state index in [9.17, 15) is 9.59 Å². The molecule has 36 heavy (non-hydrogen) atoms. The molecule has 2 heterocycles. The van der Waals surface area contributed by atoms with E-state index in [1.807, 2.05) is 71.6 Å². The predicted molar refractivity (Wildman–Crippen MR) is 140 cm³/mol. The number of halogens is 1. The standard InChI is InChI=1S/C28H30ClN5O2/c29-24-12-5-4-11-23(24)25-13-14-26(31-30-25)32-15-17-33(18-16-32)27(35)20-34(28(36)22-9-6-10-22)19-21-7-2-1-3-8-21/h1-5,7-8,11-14,22H,6,9-10,15-20H2. The Morgan fingerprint density at radius 2 is 1.61 bits per heavy atom. The van der Waals surface area contributed by atoms with Crippen LogP contribution in [0.15, 0.2) is 66.7 Å². The molecule has 2 fully saturated rings. The van der Waals surface area contributed by atoms with Crippen molar-refractivity contribution in [2.75, 3.05) is 37.6 Å². The fraction of sp³-hybridized carbons (Fsp3) is 0.357. The molecule has 0 radical (unpaired) electrons. The van der Waals surface area contributed by atoms with Gasteiger partial charge in [0, 0.05) is 44.2 Å². The largest absolute Gasteiger partial charge is 0.352 e. The summed E-state index contributed by atoms with van der Waals surface area (Å²) in [5.74, 6) is 0.943. The molecule has 2 aromatic carbocycles.